The van der Waals surface area contributed by atoms with E-state index in [0.717, 1.165) is 11.1 Å². The molecule has 0 bridgehead atoms. The van der Waals surface area contributed by atoms with Gasteiger partial charge in [0.1, 0.15) is 0 Å². The van der Waals surface area contributed by atoms with Crippen LogP contribution in [0, 0.1) is 23.7 Å². The minimum absolute atomic E-state index is 0.525. The van der Waals surface area contributed by atoms with E-state index >= 15 is 0 Å². The molecule has 30 heavy (non-hydrogen) atoms. The van der Waals surface area contributed by atoms with Gasteiger partial charge in [0.2, 0.25) is 11.5 Å². The Morgan fingerprint density at radius 2 is 0.800 bits per heavy atom. The van der Waals surface area contributed by atoms with E-state index < -0.39 is 0 Å². The smallest absolute Gasteiger partial charge is 0.203 e. The zero-order valence-corrected chi connectivity index (χ0v) is 17.9. The molecule has 0 aliphatic heterocycles. The van der Waals surface area contributed by atoms with Gasteiger partial charge in [0.15, 0.2) is 23.0 Å². The van der Waals surface area contributed by atoms with Gasteiger partial charge in [-0.15, -0.1) is 0 Å². The van der Waals surface area contributed by atoms with Crippen LogP contribution in [0.15, 0.2) is 36.4 Å². The van der Waals surface area contributed by atoms with Crippen LogP contribution in [0.1, 0.15) is 11.1 Å². The van der Waals surface area contributed by atoms with Crippen molar-refractivity contribution in [1.29, 1.82) is 0 Å². The van der Waals surface area contributed by atoms with E-state index in [1.807, 2.05) is 0 Å². The standard InChI is InChI=1S/C24H24O6/c1-25-19-13-17(14-20(26-2)23(19)29-5)11-9-7-8-10-12-18-15-21(27-3)24(30-6)22(16-18)28-4/h7-8,13-16H,1-6H3/b8-7+. The highest BCUT2D eigenvalue weighted by molar-refractivity contribution is 5.59. The number of hydrogen-bond donors (Lipinski definition) is 0. The van der Waals surface area contributed by atoms with Gasteiger partial charge < -0.3 is 28.4 Å². The molecular weight excluding hydrogens is 384 g/mol. The number of methoxy groups -OCH3 is 6. The van der Waals surface area contributed by atoms with Crippen molar-refractivity contribution in [3.05, 3.63) is 47.5 Å². The van der Waals surface area contributed by atoms with E-state index in [4.69, 9.17) is 28.4 Å². The molecule has 0 aliphatic carbocycles. The van der Waals surface area contributed by atoms with Crippen LogP contribution in [-0.2, 0) is 0 Å². The lowest BCUT2D eigenvalue weighted by molar-refractivity contribution is 0.324. The van der Waals surface area contributed by atoms with Crippen LogP contribution in [0.2, 0.25) is 0 Å². The van der Waals surface area contributed by atoms with Crippen molar-refractivity contribution in [2.45, 2.75) is 0 Å². The Morgan fingerprint density at radius 1 is 0.500 bits per heavy atom. The van der Waals surface area contributed by atoms with Crippen molar-refractivity contribution in [3.8, 4) is 58.2 Å². The molecule has 6 heteroatoms. The third kappa shape index (κ3) is 5.33. The molecule has 0 aliphatic rings. The fraction of sp³-hybridized carbons (Fsp3) is 0.250. The summed E-state index contributed by atoms with van der Waals surface area (Å²) in [6.07, 6.45) is 3.32. The molecule has 0 fully saturated rings. The highest BCUT2D eigenvalue weighted by Gasteiger charge is 2.13. The third-order valence-electron chi connectivity index (χ3n) is 4.01. The minimum atomic E-state index is 0.525. The molecular formula is C24H24O6. The lowest BCUT2D eigenvalue weighted by atomic mass is 10.1. The van der Waals surface area contributed by atoms with Crippen molar-refractivity contribution in [2.24, 2.45) is 0 Å². The molecule has 0 saturated heterocycles. The van der Waals surface area contributed by atoms with Gasteiger partial charge in [-0.3, -0.25) is 0 Å². The van der Waals surface area contributed by atoms with Crippen molar-refractivity contribution in [2.75, 3.05) is 42.7 Å². The molecule has 0 atom stereocenters. The summed E-state index contributed by atoms with van der Waals surface area (Å²) in [5.41, 5.74) is 1.46. The molecule has 2 aromatic carbocycles. The Morgan fingerprint density at radius 3 is 1.03 bits per heavy atom. The number of allylic oxidation sites excluding steroid dienone is 2. The van der Waals surface area contributed by atoms with E-state index in [1.165, 1.54) is 0 Å². The van der Waals surface area contributed by atoms with Crippen molar-refractivity contribution >= 4 is 0 Å². The first-order valence-electron chi connectivity index (χ1n) is 8.89. The van der Waals surface area contributed by atoms with E-state index in [-0.39, 0.29) is 0 Å². The second-order valence-corrected chi connectivity index (χ2v) is 5.70. The molecule has 6 nitrogen and oxygen atoms in total. The van der Waals surface area contributed by atoms with Crippen molar-refractivity contribution in [1.82, 2.24) is 0 Å². The lowest BCUT2D eigenvalue weighted by Gasteiger charge is -2.12. The Labute approximate surface area is 177 Å². The monoisotopic (exact) mass is 408 g/mol. The van der Waals surface area contributed by atoms with Gasteiger partial charge in [-0.1, -0.05) is 23.7 Å². The lowest BCUT2D eigenvalue weighted by Crippen LogP contribution is -1.95. The van der Waals surface area contributed by atoms with E-state index in [9.17, 15) is 0 Å². The minimum Gasteiger partial charge on any atom is -0.493 e. The van der Waals surface area contributed by atoms with Gasteiger partial charge in [0.25, 0.3) is 0 Å². The van der Waals surface area contributed by atoms with Crippen LogP contribution < -0.4 is 28.4 Å². The quantitative estimate of drug-likeness (QED) is 0.680. The van der Waals surface area contributed by atoms with Crippen LogP contribution in [-0.4, -0.2) is 42.7 Å². The predicted molar refractivity (Wildman–Crippen MR) is 115 cm³/mol. The number of benzene rings is 2. The molecule has 2 rings (SSSR count). The Hall–Kier alpha value is -3.90. The Kier molecular flexibility index (Phi) is 8.35. The maximum Gasteiger partial charge on any atom is 0.203 e. The Bertz CT molecular complexity index is 898. The fourth-order valence-corrected chi connectivity index (χ4v) is 2.64. The summed E-state index contributed by atoms with van der Waals surface area (Å²) in [4.78, 5) is 0. The second-order valence-electron chi connectivity index (χ2n) is 5.70. The summed E-state index contributed by atoms with van der Waals surface area (Å²) in [6.45, 7) is 0. The van der Waals surface area contributed by atoms with Gasteiger partial charge in [0, 0.05) is 11.1 Å². The molecule has 0 heterocycles. The molecule has 0 aromatic heterocycles. The first kappa shape index (κ1) is 22.4. The van der Waals surface area contributed by atoms with Crippen molar-refractivity contribution in [3.63, 3.8) is 0 Å². The average Bonchev–Trinajstić information content (AvgIpc) is 2.79. The largest absolute Gasteiger partial charge is 0.493 e. The first-order chi connectivity index (χ1) is 14.6. The third-order valence-corrected chi connectivity index (χ3v) is 4.01. The number of rotatable bonds is 6. The van der Waals surface area contributed by atoms with Crippen LogP contribution in [0.4, 0.5) is 0 Å². The molecule has 0 radical (unpaired) electrons. The van der Waals surface area contributed by atoms with E-state index in [0.29, 0.717) is 34.5 Å². The molecule has 0 spiro atoms. The van der Waals surface area contributed by atoms with Gasteiger partial charge in [0.05, 0.1) is 42.7 Å². The summed E-state index contributed by atoms with van der Waals surface area (Å²) in [5, 5.41) is 0. The number of hydrogen-bond acceptors (Lipinski definition) is 6. The van der Waals surface area contributed by atoms with Crippen molar-refractivity contribution < 1.29 is 28.4 Å². The summed E-state index contributed by atoms with van der Waals surface area (Å²) in [7, 11) is 9.36. The highest BCUT2D eigenvalue weighted by Crippen LogP contribution is 2.38. The van der Waals surface area contributed by atoms with Gasteiger partial charge in [-0.25, -0.2) is 0 Å². The zero-order chi connectivity index (χ0) is 21.9. The molecule has 156 valence electrons. The SMILES string of the molecule is COc1cc(C#C/C=C/C#Cc2cc(OC)c(OC)c(OC)c2)cc(OC)c1OC. The zero-order valence-electron chi connectivity index (χ0n) is 17.9. The summed E-state index contributed by atoms with van der Waals surface area (Å²) >= 11 is 0. The van der Waals surface area contributed by atoms with Gasteiger partial charge in [-0.05, 0) is 36.4 Å². The maximum atomic E-state index is 5.32. The van der Waals surface area contributed by atoms with Gasteiger partial charge in [-0.2, -0.15) is 0 Å². The molecule has 0 N–H and O–H groups in total. The van der Waals surface area contributed by atoms with Gasteiger partial charge >= 0.3 is 0 Å². The fourth-order valence-electron chi connectivity index (χ4n) is 2.64. The van der Waals surface area contributed by atoms with Crippen LogP contribution in [0.3, 0.4) is 0 Å². The van der Waals surface area contributed by atoms with E-state index in [1.54, 1.807) is 79.1 Å². The number of ether oxygens (including phenoxy) is 6. The predicted octanol–water partition coefficient (Wildman–Crippen LogP) is 3.70. The van der Waals surface area contributed by atoms with Crippen LogP contribution >= 0.6 is 0 Å². The topological polar surface area (TPSA) is 55.4 Å². The summed E-state index contributed by atoms with van der Waals surface area (Å²) in [6, 6.07) is 7.13. The molecule has 2 aromatic rings. The second kappa shape index (κ2) is 11.2. The maximum absolute atomic E-state index is 5.32. The molecule has 0 amide bonds. The highest BCUT2D eigenvalue weighted by atomic mass is 16.5. The summed E-state index contributed by atoms with van der Waals surface area (Å²) < 4.78 is 31.9. The van der Waals surface area contributed by atoms with E-state index in [2.05, 4.69) is 23.7 Å². The van der Waals surface area contributed by atoms with Crippen LogP contribution in [0.5, 0.6) is 34.5 Å². The normalized spacial score (nSPS) is 9.67. The first-order valence-corrected chi connectivity index (χ1v) is 8.89. The average molecular weight is 408 g/mol. The molecule has 0 unspecified atom stereocenters. The van der Waals surface area contributed by atoms with Crippen LogP contribution in [0.25, 0.3) is 0 Å². The summed E-state index contributed by atoms with van der Waals surface area (Å²) in [5.74, 6) is 15.2. The molecule has 0 saturated carbocycles. The Balaban J connectivity index is 2.20.